The average Bonchev–Trinajstić information content (AvgIpc) is 2.43. The Morgan fingerprint density at radius 2 is 1.95 bits per heavy atom. The van der Waals surface area contributed by atoms with Crippen LogP contribution >= 0.6 is 0 Å². The van der Waals surface area contributed by atoms with Crippen molar-refractivity contribution in [3.63, 3.8) is 0 Å². The Labute approximate surface area is 121 Å². The summed E-state index contributed by atoms with van der Waals surface area (Å²) in [5.74, 6) is 0. The summed E-state index contributed by atoms with van der Waals surface area (Å²) in [6.07, 6.45) is 0.726. The van der Waals surface area contributed by atoms with Crippen LogP contribution in [0.4, 0.5) is 0 Å². The van der Waals surface area contributed by atoms with Crippen molar-refractivity contribution >= 4 is 10.0 Å². The number of aliphatic hydroxyl groups is 1. The van der Waals surface area contributed by atoms with Crippen LogP contribution in [0.1, 0.15) is 18.9 Å². The average molecular weight is 300 g/mol. The van der Waals surface area contributed by atoms with Crippen LogP contribution in [0.2, 0.25) is 0 Å². The molecule has 0 aliphatic carbocycles. The first-order valence-electron chi connectivity index (χ1n) is 6.76. The van der Waals surface area contributed by atoms with Crippen molar-refractivity contribution in [3.8, 4) is 0 Å². The summed E-state index contributed by atoms with van der Waals surface area (Å²) in [6, 6.07) is 7.03. The van der Waals surface area contributed by atoms with E-state index >= 15 is 0 Å². The molecule has 0 aliphatic heterocycles. The lowest BCUT2D eigenvalue weighted by Crippen LogP contribution is -2.25. The summed E-state index contributed by atoms with van der Waals surface area (Å²) in [5.41, 5.74) is 0.965. The first-order valence-corrected chi connectivity index (χ1v) is 8.20. The number of nitrogens with zero attached hydrogens (tertiary/aromatic N) is 2. The highest BCUT2D eigenvalue weighted by Gasteiger charge is 2.17. The Kier molecular flexibility index (Phi) is 6.61. The predicted octanol–water partition coefficient (Wildman–Crippen LogP) is 1.14. The molecule has 1 aromatic rings. The molecule has 0 aliphatic rings. The van der Waals surface area contributed by atoms with E-state index in [0.717, 1.165) is 25.1 Å². The van der Waals surface area contributed by atoms with Gasteiger partial charge in [0.2, 0.25) is 10.0 Å². The number of rotatable bonds is 8. The van der Waals surface area contributed by atoms with Crippen molar-refractivity contribution in [2.45, 2.75) is 24.8 Å². The lowest BCUT2D eigenvalue weighted by Gasteiger charge is -2.20. The zero-order chi connectivity index (χ0) is 15.2. The fourth-order valence-electron chi connectivity index (χ4n) is 1.92. The van der Waals surface area contributed by atoms with Crippen LogP contribution in [0.3, 0.4) is 0 Å². The normalized spacial score (nSPS) is 12.3. The monoisotopic (exact) mass is 300 g/mol. The highest BCUT2D eigenvalue weighted by atomic mass is 32.2. The highest BCUT2D eigenvalue weighted by molar-refractivity contribution is 7.89. The highest BCUT2D eigenvalue weighted by Crippen LogP contribution is 2.16. The summed E-state index contributed by atoms with van der Waals surface area (Å²) < 4.78 is 25.4. The SMILES string of the molecule is CCN(CCCO)Cc1cccc(S(=O)(=O)N(C)C)c1. The van der Waals surface area contributed by atoms with Crippen LogP contribution < -0.4 is 0 Å². The van der Waals surface area contributed by atoms with Crippen LogP contribution in [-0.2, 0) is 16.6 Å². The molecule has 0 atom stereocenters. The molecule has 0 saturated heterocycles. The van der Waals surface area contributed by atoms with E-state index in [1.165, 1.54) is 18.4 Å². The van der Waals surface area contributed by atoms with Crippen molar-refractivity contribution in [2.24, 2.45) is 0 Å². The van der Waals surface area contributed by atoms with Gasteiger partial charge in [0.15, 0.2) is 0 Å². The van der Waals surface area contributed by atoms with E-state index in [1.807, 2.05) is 6.07 Å². The molecule has 0 spiro atoms. The Hall–Kier alpha value is -0.950. The predicted molar refractivity (Wildman–Crippen MR) is 80.0 cm³/mol. The van der Waals surface area contributed by atoms with E-state index in [1.54, 1.807) is 18.2 Å². The van der Waals surface area contributed by atoms with E-state index in [9.17, 15) is 8.42 Å². The summed E-state index contributed by atoms with van der Waals surface area (Å²) in [4.78, 5) is 2.50. The van der Waals surface area contributed by atoms with Crippen molar-refractivity contribution in [1.82, 2.24) is 9.21 Å². The molecule has 0 unspecified atom stereocenters. The lowest BCUT2D eigenvalue weighted by molar-refractivity contribution is 0.225. The lowest BCUT2D eigenvalue weighted by atomic mass is 10.2. The molecule has 0 amide bonds. The molecule has 6 heteroatoms. The van der Waals surface area contributed by atoms with Gasteiger partial charge in [-0.15, -0.1) is 0 Å². The van der Waals surface area contributed by atoms with E-state index in [0.29, 0.717) is 11.4 Å². The molecule has 0 aromatic heterocycles. The van der Waals surface area contributed by atoms with Gasteiger partial charge in [-0.3, -0.25) is 4.90 Å². The number of hydrogen-bond donors (Lipinski definition) is 1. The molecule has 0 radical (unpaired) electrons. The van der Waals surface area contributed by atoms with Crippen molar-refractivity contribution in [1.29, 1.82) is 0 Å². The molecule has 20 heavy (non-hydrogen) atoms. The van der Waals surface area contributed by atoms with Crippen molar-refractivity contribution in [2.75, 3.05) is 33.8 Å². The summed E-state index contributed by atoms with van der Waals surface area (Å²) in [6.45, 7) is 4.58. The van der Waals surface area contributed by atoms with Crippen LogP contribution in [-0.4, -0.2) is 56.5 Å². The third-order valence-corrected chi connectivity index (χ3v) is 4.97. The minimum Gasteiger partial charge on any atom is -0.396 e. The molecule has 114 valence electrons. The maximum atomic E-state index is 12.1. The van der Waals surface area contributed by atoms with Crippen molar-refractivity contribution in [3.05, 3.63) is 29.8 Å². The number of aliphatic hydroxyl groups excluding tert-OH is 1. The van der Waals surface area contributed by atoms with Gasteiger partial charge in [-0.1, -0.05) is 19.1 Å². The van der Waals surface area contributed by atoms with Gasteiger partial charge in [0.25, 0.3) is 0 Å². The van der Waals surface area contributed by atoms with Gasteiger partial charge >= 0.3 is 0 Å². The summed E-state index contributed by atoms with van der Waals surface area (Å²) in [7, 11) is -0.325. The molecule has 1 N–H and O–H groups in total. The standard InChI is InChI=1S/C14H24N2O3S/c1-4-16(9-6-10-17)12-13-7-5-8-14(11-13)20(18,19)15(2)3/h5,7-8,11,17H,4,6,9-10,12H2,1-3H3. The molecule has 0 bridgehead atoms. The van der Waals surface area contributed by atoms with Gasteiger partial charge in [-0.05, 0) is 30.7 Å². The Morgan fingerprint density at radius 3 is 2.50 bits per heavy atom. The third-order valence-electron chi connectivity index (χ3n) is 3.16. The molecular weight excluding hydrogens is 276 g/mol. The summed E-state index contributed by atoms with van der Waals surface area (Å²) >= 11 is 0. The van der Waals surface area contributed by atoms with E-state index in [4.69, 9.17) is 5.11 Å². The van der Waals surface area contributed by atoms with Gasteiger partial charge < -0.3 is 5.11 Å². The molecule has 1 aromatic carbocycles. The van der Waals surface area contributed by atoms with Crippen LogP contribution in [0.25, 0.3) is 0 Å². The Morgan fingerprint density at radius 1 is 1.25 bits per heavy atom. The topological polar surface area (TPSA) is 60.9 Å². The van der Waals surface area contributed by atoms with E-state index < -0.39 is 10.0 Å². The Balaban J connectivity index is 2.88. The van der Waals surface area contributed by atoms with Gasteiger partial charge in [0.1, 0.15) is 0 Å². The Bertz CT molecular complexity index is 515. The number of sulfonamides is 1. The molecule has 0 saturated carbocycles. The van der Waals surface area contributed by atoms with Gasteiger partial charge in [0, 0.05) is 33.8 Å². The van der Waals surface area contributed by atoms with Crippen molar-refractivity contribution < 1.29 is 13.5 Å². The molecule has 5 nitrogen and oxygen atoms in total. The largest absolute Gasteiger partial charge is 0.396 e. The molecule has 1 rings (SSSR count). The smallest absolute Gasteiger partial charge is 0.242 e. The second-order valence-corrected chi connectivity index (χ2v) is 7.03. The van der Waals surface area contributed by atoms with Crippen LogP contribution in [0.5, 0.6) is 0 Å². The first-order chi connectivity index (χ1) is 9.41. The third kappa shape index (κ3) is 4.56. The zero-order valence-corrected chi connectivity index (χ0v) is 13.2. The van der Waals surface area contributed by atoms with Gasteiger partial charge in [0.05, 0.1) is 4.90 Å². The molecular formula is C14H24N2O3S. The first kappa shape index (κ1) is 17.1. The summed E-state index contributed by atoms with van der Waals surface area (Å²) in [5, 5.41) is 8.88. The number of hydrogen-bond acceptors (Lipinski definition) is 4. The minimum atomic E-state index is -3.38. The maximum absolute atomic E-state index is 12.1. The second-order valence-electron chi connectivity index (χ2n) is 4.88. The van der Waals surface area contributed by atoms with E-state index in [2.05, 4.69) is 11.8 Å². The quantitative estimate of drug-likeness (QED) is 0.782. The minimum absolute atomic E-state index is 0.172. The second kappa shape index (κ2) is 7.73. The fourth-order valence-corrected chi connectivity index (χ4v) is 2.89. The van der Waals surface area contributed by atoms with Gasteiger partial charge in [-0.2, -0.15) is 0 Å². The van der Waals surface area contributed by atoms with Crippen LogP contribution in [0, 0.1) is 0 Å². The van der Waals surface area contributed by atoms with E-state index in [-0.39, 0.29) is 6.61 Å². The molecule has 0 fully saturated rings. The number of benzene rings is 1. The van der Waals surface area contributed by atoms with Crippen LogP contribution in [0.15, 0.2) is 29.2 Å². The zero-order valence-electron chi connectivity index (χ0n) is 12.4. The maximum Gasteiger partial charge on any atom is 0.242 e. The van der Waals surface area contributed by atoms with Gasteiger partial charge in [-0.25, -0.2) is 12.7 Å². The fraction of sp³-hybridized carbons (Fsp3) is 0.571. The molecule has 0 heterocycles.